The molecule has 1 atom stereocenters. The van der Waals surface area contributed by atoms with E-state index in [0.717, 1.165) is 28.2 Å². The standard InChI is InChI=1S/C20H20FN5/c1-14-9-11-26-19(24-14)18(16-5-7-17(21)8-6-16)20(2,25-26)23-13-15-4-3-10-22-12-15/h3-12,23,25H,13H2,1-2H3. The number of hydrogen-bond donors (Lipinski definition) is 2. The van der Waals surface area contributed by atoms with Crippen LogP contribution < -0.4 is 10.7 Å². The number of nitrogens with one attached hydrogen (secondary N) is 2. The van der Waals surface area contributed by atoms with Crippen molar-refractivity contribution in [3.8, 4) is 0 Å². The number of fused-ring (bicyclic) bond motifs is 1. The molecular weight excluding hydrogens is 329 g/mol. The molecule has 0 radical (unpaired) electrons. The van der Waals surface area contributed by atoms with Crippen molar-refractivity contribution < 1.29 is 4.39 Å². The van der Waals surface area contributed by atoms with Gasteiger partial charge >= 0.3 is 0 Å². The van der Waals surface area contributed by atoms with Gasteiger partial charge < -0.3 is 0 Å². The third-order valence-electron chi connectivity index (χ3n) is 4.54. The molecule has 5 nitrogen and oxygen atoms in total. The average Bonchev–Trinajstić information content (AvgIpc) is 2.94. The second-order valence-corrected chi connectivity index (χ2v) is 6.60. The molecule has 0 aliphatic carbocycles. The summed E-state index contributed by atoms with van der Waals surface area (Å²) in [5.41, 5.74) is 6.80. The molecule has 0 saturated carbocycles. The highest BCUT2D eigenvalue weighted by atomic mass is 19.1. The number of benzene rings is 1. The van der Waals surface area contributed by atoms with Crippen LogP contribution in [0.3, 0.4) is 0 Å². The Balaban J connectivity index is 1.73. The molecule has 1 unspecified atom stereocenters. The number of rotatable bonds is 4. The number of nitrogens with zero attached hydrogens (tertiary/aromatic N) is 3. The topological polar surface area (TPSA) is 52.6 Å². The summed E-state index contributed by atoms with van der Waals surface area (Å²) in [6, 6.07) is 10.5. The molecule has 0 amide bonds. The van der Waals surface area contributed by atoms with Gasteiger partial charge in [0.2, 0.25) is 0 Å². The molecule has 1 aromatic heterocycles. The number of halogens is 1. The van der Waals surface area contributed by atoms with E-state index in [2.05, 4.69) is 22.7 Å². The van der Waals surface area contributed by atoms with Crippen molar-refractivity contribution in [1.29, 1.82) is 0 Å². The average molecular weight is 349 g/mol. The van der Waals surface area contributed by atoms with Crippen LogP contribution in [0.5, 0.6) is 0 Å². The van der Waals surface area contributed by atoms with Crippen molar-refractivity contribution in [2.24, 2.45) is 4.99 Å². The van der Waals surface area contributed by atoms with Crippen LogP contribution in [0.2, 0.25) is 0 Å². The second kappa shape index (κ2) is 6.48. The molecule has 2 aliphatic heterocycles. The maximum Gasteiger partial charge on any atom is 0.154 e. The predicted octanol–water partition coefficient (Wildman–Crippen LogP) is 3.20. The first-order valence-electron chi connectivity index (χ1n) is 8.50. The number of hydrogen-bond acceptors (Lipinski definition) is 5. The van der Waals surface area contributed by atoms with Crippen LogP contribution in [0.15, 0.2) is 71.9 Å². The summed E-state index contributed by atoms with van der Waals surface area (Å²) in [5.74, 6) is 0.563. The molecule has 2 aliphatic rings. The Hall–Kier alpha value is -2.83. The van der Waals surface area contributed by atoms with Gasteiger partial charge in [-0.1, -0.05) is 18.2 Å². The molecule has 0 spiro atoms. The highest BCUT2D eigenvalue weighted by Crippen LogP contribution is 2.38. The van der Waals surface area contributed by atoms with Crippen LogP contribution in [0, 0.1) is 5.82 Å². The van der Waals surface area contributed by atoms with Crippen LogP contribution in [-0.4, -0.2) is 21.4 Å². The Kier molecular flexibility index (Phi) is 4.14. The quantitative estimate of drug-likeness (QED) is 0.890. The molecular formula is C20H20FN5. The number of aliphatic imine (C=N–C) groups is 1. The van der Waals surface area contributed by atoms with E-state index in [1.165, 1.54) is 12.1 Å². The van der Waals surface area contributed by atoms with Crippen LogP contribution in [-0.2, 0) is 6.54 Å². The zero-order valence-corrected chi connectivity index (χ0v) is 14.7. The molecule has 3 heterocycles. The fourth-order valence-corrected chi connectivity index (χ4v) is 3.24. The number of hydrazine groups is 1. The third kappa shape index (κ3) is 3.05. The Morgan fingerprint density at radius 3 is 2.77 bits per heavy atom. The van der Waals surface area contributed by atoms with Crippen LogP contribution in [0.4, 0.5) is 4.39 Å². The van der Waals surface area contributed by atoms with Crippen molar-refractivity contribution in [2.75, 3.05) is 0 Å². The first-order valence-corrected chi connectivity index (χ1v) is 8.50. The van der Waals surface area contributed by atoms with Gasteiger partial charge in [0.25, 0.3) is 0 Å². The first kappa shape index (κ1) is 16.6. The van der Waals surface area contributed by atoms with E-state index < -0.39 is 5.66 Å². The number of pyridine rings is 1. The number of aromatic nitrogens is 1. The highest BCUT2D eigenvalue weighted by Gasteiger charge is 2.41. The van der Waals surface area contributed by atoms with Gasteiger partial charge in [0.1, 0.15) is 11.5 Å². The van der Waals surface area contributed by atoms with Crippen molar-refractivity contribution in [3.63, 3.8) is 0 Å². The van der Waals surface area contributed by atoms with Gasteiger partial charge in [-0.3, -0.25) is 15.3 Å². The lowest BCUT2D eigenvalue weighted by molar-refractivity contribution is 0.244. The molecule has 1 aromatic carbocycles. The molecule has 26 heavy (non-hydrogen) atoms. The van der Waals surface area contributed by atoms with E-state index in [1.54, 1.807) is 18.3 Å². The van der Waals surface area contributed by atoms with Gasteiger partial charge in [0, 0.05) is 36.4 Å². The second-order valence-electron chi connectivity index (χ2n) is 6.60. The van der Waals surface area contributed by atoms with Crippen LogP contribution in [0.1, 0.15) is 25.0 Å². The van der Waals surface area contributed by atoms with Crippen molar-refractivity contribution in [3.05, 3.63) is 83.8 Å². The molecule has 132 valence electrons. The van der Waals surface area contributed by atoms with E-state index in [9.17, 15) is 4.39 Å². The van der Waals surface area contributed by atoms with Crippen LogP contribution in [0.25, 0.3) is 5.57 Å². The number of allylic oxidation sites excluding steroid dienone is 1. The van der Waals surface area contributed by atoms with Crippen molar-refractivity contribution in [1.82, 2.24) is 20.7 Å². The summed E-state index contributed by atoms with van der Waals surface area (Å²) in [5, 5.41) is 5.47. The molecule has 0 saturated heterocycles. The first-order chi connectivity index (χ1) is 12.5. The SMILES string of the molecule is CC1=NC2=C(c3ccc(F)cc3)C(C)(NCc3cccnc3)NN2C=C1. The van der Waals surface area contributed by atoms with Gasteiger partial charge in [-0.15, -0.1) is 0 Å². The highest BCUT2D eigenvalue weighted by molar-refractivity contribution is 5.95. The van der Waals surface area contributed by atoms with Crippen molar-refractivity contribution in [2.45, 2.75) is 26.1 Å². The molecule has 2 aromatic rings. The Labute approximate surface area is 151 Å². The monoisotopic (exact) mass is 349 g/mol. The van der Waals surface area contributed by atoms with Gasteiger partial charge in [0.15, 0.2) is 5.82 Å². The van der Waals surface area contributed by atoms with Crippen molar-refractivity contribution >= 4 is 11.3 Å². The zero-order valence-electron chi connectivity index (χ0n) is 14.7. The summed E-state index contributed by atoms with van der Waals surface area (Å²) in [6.45, 7) is 4.66. The smallest absolute Gasteiger partial charge is 0.154 e. The van der Waals surface area contributed by atoms with E-state index in [-0.39, 0.29) is 5.82 Å². The van der Waals surface area contributed by atoms with E-state index in [0.29, 0.717) is 6.54 Å². The minimum atomic E-state index is -0.568. The molecule has 0 fully saturated rings. The molecule has 0 bridgehead atoms. The normalized spacial score (nSPS) is 21.8. The molecule has 2 N–H and O–H groups in total. The fourth-order valence-electron chi connectivity index (χ4n) is 3.24. The lowest BCUT2D eigenvalue weighted by Gasteiger charge is -2.30. The Morgan fingerprint density at radius 2 is 2.04 bits per heavy atom. The molecule has 4 rings (SSSR count). The summed E-state index contributed by atoms with van der Waals surface area (Å²) < 4.78 is 13.4. The van der Waals surface area contributed by atoms with E-state index >= 15 is 0 Å². The third-order valence-corrected chi connectivity index (χ3v) is 4.54. The Bertz CT molecular complexity index is 902. The summed E-state index contributed by atoms with van der Waals surface area (Å²) in [6.07, 6.45) is 7.50. The Morgan fingerprint density at radius 1 is 1.23 bits per heavy atom. The van der Waals surface area contributed by atoms with Gasteiger partial charge in [-0.25, -0.2) is 14.8 Å². The zero-order chi connectivity index (χ0) is 18.1. The maximum atomic E-state index is 13.4. The summed E-state index contributed by atoms with van der Waals surface area (Å²) in [7, 11) is 0. The minimum absolute atomic E-state index is 0.254. The lowest BCUT2D eigenvalue weighted by atomic mass is 9.94. The fraction of sp³-hybridized carbons (Fsp3) is 0.200. The summed E-state index contributed by atoms with van der Waals surface area (Å²) >= 11 is 0. The maximum absolute atomic E-state index is 13.4. The molecule has 6 heteroatoms. The minimum Gasteiger partial charge on any atom is -0.290 e. The largest absolute Gasteiger partial charge is 0.290 e. The van der Waals surface area contributed by atoms with E-state index in [4.69, 9.17) is 4.99 Å². The van der Waals surface area contributed by atoms with Crippen LogP contribution >= 0.6 is 0 Å². The van der Waals surface area contributed by atoms with Gasteiger partial charge in [-0.05, 0) is 49.2 Å². The predicted molar refractivity (Wildman–Crippen MR) is 100 cm³/mol. The van der Waals surface area contributed by atoms with E-state index in [1.807, 2.05) is 42.5 Å². The summed E-state index contributed by atoms with van der Waals surface area (Å²) in [4.78, 5) is 8.87. The lowest BCUT2D eigenvalue weighted by Crippen LogP contribution is -2.54. The van der Waals surface area contributed by atoms with Gasteiger partial charge in [0.05, 0.1) is 0 Å². The van der Waals surface area contributed by atoms with Gasteiger partial charge in [-0.2, -0.15) is 0 Å².